The minimum atomic E-state index is -2.76. The molecule has 0 spiro atoms. The summed E-state index contributed by atoms with van der Waals surface area (Å²) >= 11 is 0. The number of hydrogen-bond acceptors (Lipinski definition) is 1. The Morgan fingerprint density at radius 2 is 1.41 bits per heavy atom. The molecule has 0 aromatic heterocycles. The molecule has 0 heterocycles. The van der Waals surface area contributed by atoms with E-state index in [2.05, 4.69) is 5.32 Å². The highest BCUT2D eigenvalue weighted by Crippen LogP contribution is 2.36. The Morgan fingerprint density at radius 3 is 1.76 bits per heavy atom. The molecule has 1 N–H and O–H groups in total. The van der Waals surface area contributed by atoms with Crippen LogP contribution in [0, 0.1) is 5.92 Å². The van der Waals surface area contributed by atoms with Crippen LogP contribution in [0.2, 0.25) is 0 Å². The predicted octanol–water partition coefficient (Wildman–Crippen LogP) is 3.89. The third-order valence-electron chi connectivity index (χ3n) is 3.34. The number of benzene rings is 1. The van der Waals surface area contributed by atoms with Crippen molar-refractivity contribution in [3.8, 4) is 0 Å². The van der Waals surface area contributed by atoms with Gasteiger partial charge < -0.3 is 5.32 Å². The Morgan fingerprint density at radius 1 is 1.00 bits per heavy atom. The zero-order chi connectivity index (χ0) is 13.3. The van der Waals surface area contributed by atoms with E-state index >= 15 is 0 Å². The van der Waals surface area contributed by atoms with E-state index in [0.717, 1.165) is 5.56 Å². The zero-order valence-electron chi connectivity index (χ0n) is 11.1. The van der Waals surface area contributed by atoms with Crippen LogP contribution in [0.1, 0.15) is 38.8 Å². The third-order valence-corrected chi connectivity index (χ3v) is 3.34. The summed E-state index contributed by atoms with van der Waals surface area (Å²) < 4.78 is 27.5. The molecule has 1 aromatic rings. The highest BCUT2D eigenvalue weighted by atomic mass is 19.3. The summed E-state index contributed by atoms with van der Waals surface area (Å²) in [4.78, 5) is 0. The predicted molar refractivity (Wildman–Crippen MR) is 67.3 cm³/mol. The minimum Gasteiger partial charge on any atom is -0.311 e. The van der Waals surface area contributed by atoms with Crippen molar-refractivity contribution in [1.29, 1.82) is 0 Å². The molecule has 0 aliphatic heterocycles. The lowest BCUT2D eigenvalue weighted by Crippen LogP contribution is -2.33. The van der Waals surface area contributed by atoms with Gasteiger partial charge >= 0.3 is 0 Å². The van der Waals surface area contributed by atoms with Crippen LogP contribution in [0.3, 0.4) is 0 Å². The molecule has 3 heteroatoms. The van der Waals surface area contributed by atoms with E-state index in [4.69, 9.17) is 0 Å². The van der Waals surface area contributed by atoms with Crippen molar-refractivity contribution in [2.45, 2.75) is 39.2 Å². The molecule has 0 saturated heterocycles. The molecule has 0 radical (unpaired) electrons. The lowest BCUT2D eigenvalue weighted by molar-refractivity contribution is -0.0514. The first kappa shape index (κ1) is 14.1. The molecular formula is C14H21F2N. The van der Waals surface area contributed by atoms with Crippen molar-refractivity contribution in [2.24, 2.45) is 5.92 Å². The fourth-order valence-electron chi connectivity index (χ4n) is 1.59. The van der Waals surface area contributed by atoms with Crippen LogP contribution in [-0.4, -0.2) is 7.05 Å². The van der Waals surface area contributed by atoms with E-state index in [1.54, 1.807) is 12.1 Å². The molecule has 0 fully saturated rings. The summed E-state index contributed by atoms with van der Waals surface area (Å²) in [7, 11) is 1.86. The largest absolute Gasteiger partial charge is 0.311 e. The second-order valence-corrected chi connectivity index (χ2v) is 5.23. The van der Waals surface area contributed by atoms with E-state index in [0.29, 0.717) is 0 Å². The number of hydrogen-bond donors (Lipinski definition) is 1. The first-order valence-corrected chi connectivity index (χ1v) is 5.89. The third kappa shape index (κ3) is 2.83. The van der Waals surface area contributed by atoms with Crippen LogP contribution < -0.4 is 5.32 Å². The van der Waals surface area contributed by atoms with Gasteiger partial charge in [0.05, 0.1) is 0 Å². The average molecular weight is 241 g/mol. The Labute approximate surface area is 102 Å². The molecular weight excluding hydrogens is 220 g/mol. The first-order valence-electron chi connectivity index (χ1n) is 5.89. The smallest absolute Gasteiger partial charge is 0.275 e. The maximum Gasteiger partial charge on any atom is 0.275 e. The van der Waals surface area contributed by atoms with Crippen LogP contribution >= 0.6 is 0 Å². The van der Waals surface area contributed by atoms with Crippen molar-refractivity contribution >= 4 is 0 Å². The van der Waals surface area contributed by atoms with Crippen LogP contribution in [0.25, 0.3) is 0 Å². The number of rotatable bonds is 4. The van der Waals surface area contributed by atoms with Gasteiger partial charge in [-0.1, -0.05) is 38.1 Å². The van der Waals surface area contributed by atoms with Gasteiger partial charge in [0.25, 0.3) is 5.92 Å². The lowest BCUT2D eigenvalue weighted by atomic mass is 9.91. The van der Waals surface area contributed by atoms with Gasteiger partial charge in [0.2, 0.25) is 0 Å². The zero-order valence-corrected chi connectivity index (χ0v) is 11.1. The van der Waals surface area contributed by atoms with Crippen LogP contribution in [0.5, 0.6) is 0 Å². The molecule has 1 aromatic carbocycles. The van der Waals surface area contributed by atoms with Crippen molar-refractivity contribution in [3.63, 3.8) is 0 Å². The van der Waals surface area contributed by atoms with Crippen LogP contribution in [-0.2, 0) is 11.5 Å². The fourth-order valence-corrected chi connectivity index (χ4v) is 1.59. The topological polar surface area (TPSA) is 12.0 Å². The Bertz CT molecular complexity index is 366. The van der Waals surface area contributed by atoms with E-state index in [1.165, 1.54) is 26.0 Å². The van der Waals surface area contributed by atoms with Crippen molar-refractivity contribution in [2.75, 3.05) is 7.05 Å². The number of nitrogens with one attached hydrogen (secondary N) is 1. The van der Waals surface area contributed by atoms with Gasteiger partial charge in [-0.25, -0.2) is 8.78 Å². The highest BCUT2D eigenvalue weighted by Gasteiger charge is 2.35. The van der Waals surface area contributed by atoms with Crippen molar-refractivity contribution in [3.05, 3.63) is 35.4 Å². The minimum absolute atomic E-state index is 0.0863. The van der Waals surface area contributed by atoms with Gasteiger partial charge in [-0.3, -0.25) is 0 Å². The summed E-state index contributed by atoms with van der Waals surface area (Å²) in [6.45, 7) is 7.10. The number of halogens is 2. The molecule has 0 saturated carbocycles. The van der Waals surface area contributed by atoms with Gasteiger partial charge in [-0.15, -0.1) is 0 Å². The quantitative estimate of drug-likeness (QED) is 0.843. The molecule has 0 amide bonds. The molecule has 0 atom stereocenters. The van der Waals surface area contributed by atoms with E-state index in [9.17, 15) is 8.78 Å². The molecule has 0 aliphatic rings. The Balaban J connectivity index is 3.04. The highest BCUT2D eigenvalue weighted by molar-refractivity contribution is 5.30. The standard InChI is InChI=1S/C14H21F2N/c1-10(2)14(15,16)12-8-6-11(7-9-12)13(3,4)17-5/h6-10,17H,1-5H3. The molecule has 0 aliphatic carbocycles. The first-order chi connectivity index (χ1) is 7.71. The van der Waals surface area contributed by atoms with Crippen LogP contribution in [0.4, 0.5) is 8.78 Å². The molecule has 1 nitrogen and oxygen atoms in total. The molecule has 96 valence electrons. The summed E-state index contributed by atoms with van der Waals surface area (Å²) in [5.41, 5.74) is 0.887. The Kier molecular flexibility index (Phi) is 3.92. The van der Waals surface area contributed by atoms with Gasteiger partial charge in [-0.05, 0) is 26.5 Å². The van der Waals surface area contributed by atoms with E-state index < -0.39 is 11.8 Å². The molecule has 0 unspecified atom stereocenters. The summed E-state index contributed by atoms with van der Waals surface area (Å²) in [6, 6.07) is 6.58. The lowest BCUT2D eigenvalue weighted by Gasteiger charge is -2.26. The van der Waals surface area contributed by atoms with Gasteiger partial charge in [0.1, 0.15) is 0 Å². The normalized spacial score (nSPS) is 13.2. The molecule has 1 rings (SSSR count). The fraction of sp³-hybridized carbons (Fsp3) is 0.571. The SMILES string of the molecule is CNC(C)(C)c1ccc(C(F)(F)C(C)C)cc1. The monoisotopic (exact) mass is 241 g/mol. The van der Waals surface area contributed by atoms with Crippen LogP contribution in [0.15, 0.2) is 24.3 Å². The summed E-state index contributed by atoms with van der Waals surface area (Å²) in [5, 5.41) is 3.15. The summed E-state index contributed by atoms with van der Waals surface area (Å²) in [6.07, 6.45) is 0. The van der Waals surface area contributed by atoms with Gasteiger partial charge in [-0.2, -0.15) is 0 Å². The van der Waals surface area contributed by atoms with Gasteiger partial charge in [0.15, 0.2) is 0 Å². The maximum absolute atomic E-state index is 13.8. The Hall–Kier alpha value is -0.960. The average Bonchev–Trinajstić information content (AvgIpc) is 2.29. The molecule has 17 heavy (non-hydrogen) atoms. The van der Waals surface area contributed by atoms with E-state index in [-0.39, 0.29) is 11.1 Å². The second-order valence-electron chi connectivity index (χ2n) is 5.23. The van der Waals surface area contributed by atoms with Gasteiger partial charge in [0, 0.05) is 17.0 Å². The maximum atomic E-state index is 13.8. The number of alkyl halides is 2. The molecule has 0 bridgehead atoms. The van der Waals surface area contributed by atoms with Crippen molar-refractivity contribution < 1.29 is 8.78 Å². The van der Waals surface area contributed by atoms with Crippen molar-refractivity contribution in [1.82, 2.24) is 5.32 Å². The van der Waals surface area contributed by atoms with E-state index in [1.807, 2.05) is 20.9 Å². The summed E-state index contributed by atoms with van der Waals surface area (Å²) in [5.74, 6) is -3.45. The second kappa shape index (κ2) is 4.73.